The highest BCUT2D eigenvalue weighted by atomic mass is 16.5. The number of nitrogens with zero attached hydrogens (tertiary/aromatic N) is 2. The quantitative estimate of drug-likeness (QED) is 0.832. The van der Waals surface area contributed by atoms with E-state index in [1.165, 1.54) is 0 Å². The Morgan fingerprint density at radius 1 is 1.27 bits per heavy atom. The number of methoxy groups -OCH3 is 1. The average Bonchev–Trinajstić information content (AvgIpc) is 2.59. The van der Waals surface area contributed by atoms with Crippen LogP contribution in [0.4, 0.5) is 0 Å². The smallest absolute Gasteiger partial charge is 0.277 e. The summed E-state index contributed by atoms with van der Waals surface area (Å²) in [4.78, 5) is 14.2. The van der Waals surface area contributed by atoms with Gasteiger partial charge in [-0.2, -0.15) is 5.10 Å². The highest BCUT2D eigenvalue weighted by Crippen LogP contribution is 2.24. The lowest BCUT2D eigenvalue weighted by atomic mass is 9.87. The van der Waals surface area contributed by atoms with Gasteiger partial charge in [0.05, 0.1) is 12.8 Å². The van der Waals surface area contributed by atoms with Gasteiger partial charge in [0.15, 0.2) is 6.61 Å². The van der Waals surface area contributed by atoms with Crippen LogP contribution in [-0.2, 0) is 4.79 Å². The number of rotatable bonds is 5. The van der Waals surface area contributed by atoms with Crippen molar-refractivity contribution in [1.29, 1.82) is 0 Å². The van der Waals surface area contributed by atoms with Gasteiger partial charge in [0.1, 0.15) is 11.5 Å². The maximum atomic E-state index is 11.8. The van der Waals surface area contributed by atoms with Crippen molar-refractivity contribution in [2.75, 3.05) is 33.4 Å². The van der Waals surface area contributed by atoms with Gasteiger partial charge in [-0.25, -0.2) is 5.43 Å². The highest BCUT2D eigenvalue weighted by Gasteiger charge is 2.30. The standard InChI is InChI=1S/C16H21N3O3/c1-21-13-2-4-14(5-3-13)22-11-16(20)18-17-15-10-19-8-6-12(15)7-9-19/h2-5,12H,6-11H2,1H3,(H,18,20)/b17-15-. The number of fused-ring (bicyclic) bond motifs is 3. The fourth-order valence-electron chi connectivity index (χ4n) is 2.90. The predicted octanol–water partition coefficient (Wildman–Crippen LogP) is 1.27. The molecule has 0 aromatic heterocycles. The van der Waals surface area contributed by atoms with Crippen molar-refractivity contribution in [2.45, 2.75) is 12.8 Å². The van der Waals surface area contributed by atoms with E-state index in [4.69, 9.17) is 9.47 Å². The molecule has 4 rings (SSSR count). The van der Waals surface area contributed by atoms with Crippen LogP contribution in [0.25, 0.3) is 0 Å². The Hall–Kier alpha value is -2.08. The molecule has 1 aromatic carbocycles. The summed E-state index contributed by atoms with van der Waals surface area (Å²) < 4.78 is 10.5. The highest BCUT2D eigenvalue weighted by molar-refractivity contribution is 5.91. The molecule has 3 aliphatic heterocycles. The van der Waals surface area contributed by atoms with Crippen molar-refractivity contribution in [3.8, 4) is 11.5 Å². The van der Waals surface area contributed by atoms with E-state index >= 15 is 0 Å². The molecule has 1 amide bonds. The molecule has 3 saturated heterocycles. The normalized spacial score (nSPS) is 25.0. The minimum atomic E-state index is -0.236. The Labute approximate surface area is 130 Å². The summed E-state index contributed by atoms with van der Waals surface area (Å²) in [6.07, 6.45) is 2.30. The maximum Gasteiger partial charge on any atom is 0.277 e. The van der Waals surface area contributed by atoms with Crippen LogP contribution in [0.3, 0.4) is 0 Å². The molecule has 3 heterocycles. The average molecular weight is 303 g/mol. The van der Waals surface area contributed by atoms with Crippen molar-refractivity contribution in [2.24, 2.45) is 11.0 Å². The zero-order valence-corrected chi connectivity index (χ0v) is 12.7. The number of hydrogen-bond donors (Lipinski definition) is 1. The van der Waals surface area contributed by atoms with Gasteiger partial charge in [0.25, 0.3) is 5.91 Å². The van der Waals surface area contributed by atoms with E-state index in [9.17, 15) is 4.79 Å². The second-order valence-corrected chi connectivity index (χ2v) is 5.65. The summed E-state index contributed by atoms with van der Waals surface area (Å²) in [5.74, 6) is 1.68. The van der Waals surface area contributed by atoms with Gasteiger partial charge in [0.2, 0.25) is 0 Å². The van der Waals surface area contributed by atoms with E-state index in [-0.39, 0.29) is 12.5 Å². The Kier molecular flexibility index (Phi) is 4.58. The lowest BCUT2D eigenvalue weighted by Crippen LogP contribution is -2.48. The van der Waals surface area contributed by atoms with E-state index in [1.807, 2.05) is 0 Å². The van der Waals surface area contributed by atoms with Gasteiger partial charge in [-0.3, -0.25) is 9.69 Å². The van der Waals surface area contributed by atoms with E-state index in [2.05, 4.69) is 15.4 Å². The molecule has 3 aliphatic rings. The number of carbonyl (C=O) groups is 1. The fourth-order valence-corrected chi connectivity index (χ4v) is 2.90. The first kappa shape index (κ1) is 14.8. The molecule has 0 saturated carbocycles. The number of nitrogens with one attached hydrogen (secondary N) is 1. The summed E-state index contributed by atoms with van der Waals surface area (Å²) >= 11 is 0. The zero-order chi connectivity index (χ0) is 15.4. The number of ether oxygens (including phenoxy) is 2. The predicted molar refractivity (Wildman–Crippen MR) is 83.2 cm³/mol. The summed E-state index contributed by atoms with van der Waals surface area (Å²) in [5, 5.41) is 4.28. The Bertz CT molecular complexity index is 548. The molecule has 0 radical (unpaired) electrons. The topological polar surface area (TPSA) is 63.2 Å². The lowest BCUT2D eigenvalue weighted by molar-refractivity contribution is -0.123. The Morgan fingerprint density at radius 3 is 2.55 bits per heavy atom. The molecule has 6 heteroatoms. The molecular weight excluding hydrogens is 282 g/mol. The minimum absolute atomic E-state index is 0.0442. The minimum Gasteiger partial charge on any atom is -0.497 e. The lowest BCUT2D eigenvalue weighted by Gasteiger charge is -2.39. The SMILES string of the molecule is COc1ccc(OCC(=O)N/N=C2/CN3CCC2CC3)cc1. The Morgan fingerprint density at radius 2 is 1.95 bits per heavy atom. The summed E-state index contributed by atoms with van der Waals surface area (Å²) in [6, 6.07) is 7.12. The van der Waals surface area contributed by atoms with E-state index in [0.717, 1.165) is 43.9 Å². The number of benzene rings is 1. The molecule has 1 aromatic rings. The van der Waals surface area contributed by atoms with Gasteiger partial charge in [0, 0.05) is 12.5 Å². The van der Waals surface area contributed by atoms with Crippen molar-refractivity contribution in [3.63, 3.8) is 0 Å². The number of hydrazone groups is 1. The number of carbonyl (C=O) groups excluding carboxylic acids is 1. The van der Waals surface area contributed by atoms with Crippen LogP contribution >= 0.6 is 0 Å². The summed E-state index contributed by atoms with van der Waals surface area (Å²) in [5.41, 5.74) is 3.70. The molecule has 0 spiro atoms. The van der Waals surface area contributed by atoms with Gasteiger partial charge in [-0.05, 0) is 50.2 Å². The van der Waals surface area contributed by atoms with Crippen molar-refractivity contribution in [1.82, 2.24) is 10.3 Å². The molecule has 6 nitrogen and oxygen atoms in total. The molecule has 118 valence electrons. The third-order valence-corrected chi connectivity index (χ3v) is 4.20. The second-order valence-electron chi connectivity index (χ2n) is 5.65. The van der Waals surface area contributed by atoms with Crippen molar-refractivity contribution < 1.29 is 14.3 Å². The first-order valence-electron chi connectivity index (χ1n) is 7.59. The molecular formula is C16H21N3O3. The fraction of sp³-hybridized carbons (Fsp3) is 0.500. The van der Waals surface area contributed by atoms with Gasteiger partial charge in [-0.1, -0.05) is 0 Å². The van der Waals surface area contributed by atoms with E-state index < -0.39 is 0 Å². The third-order valence-electron chi connectivity index (χ3n) is 4.20. The second kappa shape index (κ2) is 6.79. The van der Waals surface area contributed by atoms with Gasteiger partial charge >= 0.3 is 0 Å². The molecule has 0 atom stereocenters. The van der Waals surface area contributed by atoms with Crippen LogP contribution in [0.5, 0.6) is 11.5 Å². The largest absolute Gasteiger partial charge is 0.497 e. The van der Waals surface area contributed by atoms with Crippen LogP contribution in [-0.4, -0.2) is 49.9 Å². The molecule has 0 aliphatic carbocycles. The number of piperidine rings is 3. The number of hydrogen-bond acceptors (Lipinski definition) is 5. The first-order valence-corrected chi connectivity index (χ1v) is 7.59. The summed E-state index contributed by atoms with van der Waals surface area (Å²) in [6.45, 7) is 3.14. The summed E-state index contributed by atoms with van der Waals surface area (Å²) in [7, 11) is 1.61. The zero-order valence-electron chi connectivity index (χ0n) is 12.7. The van der Waals surface area contributed by atoms with Crippen LogP contribution in [0.2, 0.25) is 0 Å². The van der Waals surface area contributed by atoms with Gasteiger partial charge in [-0.15, -0.1) is 0 Å². The van der Waals surface area contributed by atoms with Crippen LogP contribution in [0.1, 0.15) is 12.8 Å². The molecule has 1 N–H and O–H groups in total. The molecule has 22 heavy (non-hydrogen) atoms. The molecule has 0 unspecified atom stereocenters. The van der Waals surface area contributed by atoms with Crippen molar-refractivity contribution >= 4 is 11.6 Å². The first-order chi connectivity index (χ1) is 10.7. The van der Waals surface area contributed by atoms with Crippen LogP contribution in [0.15, 0.2) is 29.4 Å². The number of amides is 1. The van der Waals surface area contributed by atoms with Gasteiger partial charge < -0.3 is 9.47 Å². The molecule has 3 fully saturated rings. The third kappa shape index (κ3) is 3.57. The van der Waals surface area contributed by atoms with Crippen LogP contribution < -0.4 is 14.9 Å². The molecule has 2 bridgehead atoms. The van der Waals surface area contributed by atoms with Crippen molar-refractivity contribution in [3.05, 3.63) is 24.3 Å². The van der Waals surface area contributed by atoms with E-state index in [1.54, 1.807) is 31.4 Å². The maximum absolute atomic E-state index is 11.8. The Balaban J connectivity index is 1.46. The van der Waals surface area contributed by atoms with Crippen LogP contribution in [0, 0.1) is 5.92 Å². The monoisotopic (exact) mass is 303 g/mol. The van der Waals surface area contributed by atoms with E-state index in [0.29, 0.717) is 11.7 Å².